The van der Waals surface area contributed by atoms with Crippen LogP contribution in [-0.2, 0) is 9.30 Å². The average molecular weight is 251 g/mol. The molecule has 0 aliphatic heterocycles. The highest BCUT2D eigenvalue weighted by atomic mass is 31.2. The Hall–Kier alpha value is -1.41. The third-order valence-electron chi connectivity index (χ3n) is 1.33. The Morgan fingerprint density at radius 3 is 2.81 bits per heavy atom. The van der Waals surface area contributed by atoms with E-state index < -0.39 is 26.4 Å². The van der Waals surface area contributed by atoms with Crippen molar-refractivity contribution in [3.8, 4) is 0 Å². The van der Waals surface area contributed by atoms with Gasteiger partial charge < -0.3 is 25.1 Å². The first kappa shape index (κ1) is 12.7. The molecule has 0 spiro atoms. The molecular weight excluding hydrogens is 241 g/mol. The molecule has 90 valence electrons. The minimum Gasteiger partial charge on any atom is -0.383 e. The van der Waals surface area contributed by atoms with Gasteiger partial charge in [-0.05, 0) is 0 Å². The van der Waals surface area contributed by atoms with Crippen molar-refractivity contribution in [2.75, 3.05) is 18.9 Å². The smallest absolute Gasteiger partial charge is 0.382 e. The maximum Gasteiger partial charge on any atom is 0.382 e. The largest absolute Gasteiger partial charge is 0.383 e. The van der Waals surface area contributed by atoms with Crippen LogP contribution in [0.15, 0.2) is 17.1 Å². The zero-order chi connectivity index (χ0) is 12.2. The van der Waals surface area contributed by atoms with Crippen molar-refractivity contribution >= 4 is 13.4 Å². The molecule has 0 fully saturated rings. The Morgan fingerprint density at radius 2 is 2.25 bits per heavy atom. The first-order chi connectivity index (χ1) is 7.38. The summed E-state index contributed by atoms with van der Waals surface area (Å²) in [6, 6.07) is 1.32. The van der Waals surface area contributed by atoms with E-state index in [-0.39, 0.29) is 5.82 Å². The van der Waals surface area contributed by atoms with Gasteiger partial charge in [0.1, 0.15) is 5.82 Å². The fourth-order valence-electron chi connectivity index (χ4n) is 0.753. The fourth-order valence-corrected chi connectivity index (χ4v) is 1.07. The Balaban J connectivity index is 2.44. The number of hydrogen-bond donors (Lipinski definition) is 3. The number of rotatable bonds is 5. The molecule has 1 aromatic rings. The van der Waals surface area contributed by atoms with Crippen LogP contribution in [0.4, 0.5) is 5.82 Å². The normalized spacial score (nSPS) is 11.4. The van der Waals surface area contributed by atoms with Crippen molar-refractivity contribution in [1.29, 1.82) is 0 Å². The fraction of sp³-hybridized carbons (Fsp3) is 0.333. The van der Waals surface area contributed by atoms with Crippen molar-refractivity contribution in [2.24, 2.45) is 0 Å². The maximum atomic E-state index is 11.1. The van der Waals surface area contributed by atoms with Crippen LogP contribution < -0.4 is 16.3 Å². The SMILES string of the molecule is Nc1ccn(OCOCP(=O)(O)O)c(=O)n1. The Bertz CT molecular complexity index is 454. The maximum absolute atomic E-state index is 11.1. The molecule has 9 nitrogen and oxygen atoms in total. The molecule has 0 amide bonds. The quantitative estimate of drug-likeness (QED) is 0.322. The van der Waals surface area contributed by atoms with Gasteiger partial charge in [-0.2, -0.15) is 4.98 Å². The zero-order valence-corrected chi connectivity index (χ0v) is 8.91. The van der Waals surface area contributed by atoms with Gasteiger partial charge in [-0.1, -0.05) is 0 Å². The lowest BCUT2D eigenvalue weighted by Crippen LogP contribution is -2.30. The van der Waals surface area contributed by atoms with E-state index in [0.29, 0.717) is 0 Å². The lowest BCUT2D eigenvalue weighted by atomic mass is 10.6. The molecule has 0 saturated carbocycles. The predicted molar refractivity (Wildman–Crippen MR) is 52.4 cm³/mol. The van der Waals surface area contributed by atoms with E-state index in [1.165, 1.54) is 12.3 Å². The number of nitrogens with two attached hydrogens (primary N) is 1. The molecule has 16 heavy (non-hydrogen) atoms. The highest BCUT2D eigenvalue weighted by Crippen LogP contribution is 2.33. The Morgan fingerprint density at radius 1 is 1.56 bits per heavy atom. The first-order valence-corrected chi connectivity index (χ1v) is 5.79. The van der Waals surface area contributed by atoms with Crippen molar-refractivity contribution in [3.05, 3.63) is 22.7 Å². The van der Waals surface area contributed by atoms with Crippen LogP contribution in [0.2, 0.25) is 0 Å². The average Bonchev–Trinajstić information content (AvgIpc) is 2.13. The van der Waals surface area contributed by atoms with Gasteiger partial charge in [0.05, 0.1) is 6.20 Å². The van der Waals surface area contributed by atoms with Gasteiger partial charge in [-0.25, -0.2) is 4.79 Å². The van der Waals surface area contributed by atoms with Crippen LogP contribution in [0.25, 0.3) is 0 Å². The van der Waals surface area contributed by atoms with Crippen LogP contribution in [0.3, 0.4) is 0 Å². The van der Waals surface area contributed by atoms with Crippen LogP contribution in [0, 0.1) is 0 Å². The van der Waals surface area contributed by atoms with Crippen molar-refractivity contribution < 1.29 is 23.9 Å². The number of ether oxygens (including phenoxy) is 1. The molecule has 0 bridgehead atoms. The second-order valence-electron chi connectivity index (χ2n) is 2.71. The molecule has 0 radical (unpaired) electrons. The number of nitrogens with zero attached hydrogens (tertiary/aromatic N) is 2. The van der Waals surface area contributed by atoms with E-state index in [9.17, 15) is 9.36 Å². The third kappa shape index (κ3) is 4.41. The predicted octanol–water partition coefficient (Wildman–Crippen LogP) is -1.64. The van der Waals surface area contributed by atoms with Crippen LogP contribution in [-0.4, -0.2) is 32.6 Å². The molecule has 0 atom stereocenters. The van der Waals surface area contributed by atoms with Crippen LogP contribution >= 0.6 is 7.60 Å². The summed E-state index contributed by atoms with van der Waals surface area (Å²) in [5.41, 5.74) is 4.47. The topological polar surface area (TPSA) is 137 Å². The highest BCUT2D eigenvalue weighted by Gasteiger charge is 2.12. The standard InChI is InChI=1S/C6H10N3O6P/c7-5-1-2-9(6(10)8-5)15-3-14-4-16(11,12)13/h1-2H,3-4H2,(H2,7,8,10)(H2,11,12,13). The summed E-state index contributed by atoms with van der Waals surface area (Å²) in [6.45, 7) is -0.489. The van der Waals surface area contributed by atoms with E-state index in [4.69, 9.17) is 20.4 Å². The van der Waals surface area contributed by atoms with Gasteiger partial charge in [0.15, 0.2) is 6.35 Å². The second-order valence-corrected chi connectivity index (χ2v) is 4.29. The number of anilines is 1. The minimum absolute atomic E-state index is 0.0426. The molecule has 0 aromatic carbocycles. The van der Waals surface area contributed by atoms with E-state index >= 15 is 0 Å². The zero-order valence-electron chi connectivity index (χ0n) is 8.02. The van der Waals surface area contributed by atoms with Gasteiger partial charge in [-0.15, -0.1) is 4.73 Å². The van der Waals surface area contributed by atoms with Crippen LogP contribution in [0.5, 0.6) is 0 Å². The van der Waals surface area contributed by atoms with E-state index in [1.807, 2.05) is 0 Å². The second kappa shape index (κ2) is 5.08. The summed E-state index contributed by atoms with van der Waals surface area (Å²) in [6.07, 6.45) is 0.426. The number of hydrogen-bond acceptors (Lipinski definition) is 6. The number of aromatic nitrogens is 2. The lowest BCUT2D eigenvalue weighted by Gasteiger charge is -2.08. The van der Waals surface area contributed by atoms with Crippen LogP contribution in [0.1, 0.15) is 0 Å². The summed E-state index contributed by atoms with van der Waals surface area (Å²) < 4.78 is 15.6. The Labute approximate surface area is 89.5 Å². The molecule has 1 rings (SSSR count). The summed E-state index contributed by atoms with van der Waals surface area (Å²) in [5.74, 6) is 0.0426. The van der Waals surface area contributed by atoms with E-state index in [1.54, 1.807) is 0 Å². The van der Waals surface area contributed by atoms with Gasteiger partial charge in [-0.3, -0.25) is 4.57 Å². The molecule has 0 unspecified atom stereocenters. The minimum atomic E-state index is -4.23. The number of nitrogen functional groups attached to an aromatic ring is 1. The van der Waals surface area contributed by atoms with Gasteiger partial charge >= 0.3 is 13.3 Å². The third-order valence-corrected chi connectivity index (χ3v) is 1.85. The molecule has 0 aliphatic rings. The van der Waals surface area contributed by atoms with E-state index in [2.05, 4.69) is 9.72 Å². The molecular formula is C6H10N3O6P. The monoisotopic (exact) mass is 251 g/mol. The molecule has 10 heteroatoms. The lowest BCUT2D eigenvalue weighted by molar-refractivity contribution is -0.0533. The van der Waals surface area contributed by atoms with E-state index in [0.717, 1.165) is 4.73 Å². The van der Waals surface area contributed by atoms with Crippen molar-refractivity contribution in [2.45, 2.75) is 0 Å². The first-order valence-electron chi connectivity index (χ1n) is 3.99. The molecule has 0 aliphatic carbocycles. The summed E-state index contributed by atoms with van der Waals surface area (Å²) in [5, 5.41) is 0. The molecule has 0 saturated heterocycles. The van der Waals surface area contributed by atoms with Gasteiger partial charge in [0.2, 0.25) is 6.79 Å². The Kier molecular flexibility index (Phi) is 4.02. The summed E-state index contributed by atoms with van der Waals surface area (Å²) in [4.78, 5) is 36.0. The molecule has 1 aromatic heterocycles. The van der Waals surface area contributed by atoms with Gasteiger partial charge in [0.25, 0.3) is 0 Å². The van der Waals surface area contributed by atoms with Gasteiger partial charge in [0, 0.05) is 6.07 Å². The molecule has 1 heterocycles. The summed E-state index contributed by atoms with van der Waals surface area (Å²) >= 11 is 0. The highest BCUT2D eigenvalue weighted by molar-refractivity contribution is 7.51. The summed E-state index contributed by atoms with van der Waals surface area (Å²) in [7, 11) is -4.23. The van der Waals surface area contributed by atoms with Crippen molar-refractivity contribution in [3.63, 3.8) is 0 Å². The molecule has 4 N–H and O–H groups in total. The van der Waals surface area contributed by atoms with Crippen molar-refractivity contribution in [1.82, 2.24) is 9.71 Å².